The van der Waals surface area contributed by atoms with Crippen LogP contribution in [0.5, 0.6) is 11.5 Å². The van der Waals surface area contributed by atoms with Gasteiger partial charge < -0.3 is 19.5 Å². The highest BCUT2D eigenvalue weighted by Gasteiger charge is 2.43. The Labute approximate surface area is 175 Å². The number of aryl methyl sites for hydroxylation is 1. The molecule has 1 aliphatic heterocycles. The lowest BCUT2D eigenvalue weighted by Gasteiger charge is -2.35. The van der Waals surface area contributed by atoms with Crippen LogP contribution in [0.15, 0.2) is 30.6 Å². The molecule has 0 bridgehead atoms. The van der Waals surface area contributed by atoms with Gasteiger partial charge in [0, 0.05) is 13.1 Å². The molecular formula is C22H27N5O3. The van der Waals surface area contributed by atoms with Gasteiger partial charge in [0.2, 0.25) is 5.65 Å². The van der Waals surface area contributed by atoms with Gasteiger partial charge in [0.1, 0.15) is 12.4 Å². The molecule has 2 fully saturated rings. The van der Waals surface area contributed by atoms with Crippen LogP contribution >= 0.6 is 0 Å². The molecular weight excluding hydrogens is 382 g/mol. The van der Waals surface area contributed by atoms with Gasteiger partial charge in [0.15, 0.2) is 11.5 Å². The number of nitrogens with zero attached hydrogens (tertiary/aromatic N) is 5. The zero-order valence-electron chi connectivity index (χ0n) is 17.5. The van der Waals surface area contributed by atoms with E-state index in [-0.39, 0.29) is 6.10 Å². The SMILES string of the molecule is COc1ccccc1O[C@@H]1C[C@@H]2CN(c3c(C)c(C)nn4cnnc34)C[C@@H]2C[C@H]1O. The van der Waals surface area contributed by atoms with Crippen molar-refractivity contribution < 1.29 is 14.6 Å². The fourth-order valence-corrected chi connectivity index (χ4v) is 4.99. The summed E-state index contributed by atoms with van der Waals surface area (Å²) in [6.07, 6.45) is 2.45. The molecule has 8 nitrogen and oxygen atoms in total. The summed E-state index contributed by atoms with van der Waals surface area (Å²) in [6, 6.07) is 7.61. The maximum atomic E-state index is 10.8. The van der Waals surface area contributed by atoms with Crippen LogP contribution in [0.25, 0.3) is 5.65 Å². The van der Waals surface area contributed by atoms with Gasteiger partial charge in [-0.15, -0.1) is 10.2 Å². The Morgan fingerprint density at radius 1 is 1.07 bits per heavy atom. The van der Waals surface area contributed by atoms with Crippen molar-refractivity contribution in [2.75, 3.05) is 25.1 Å². The molecule has 30 heavy (non-hydrogen) atoms. The molecule has 158 valence electrons. The number of aliphatic hydroxyl groups is 1. The molecule has 0 spiro atoms. The zero-order chi connectivity index (χ0) is 20.8. The number of rotatable bonds is 4. The van der Waals surface area contributed by atoms with Crippen LogP contribution in [-0.4, -0.2) is 57.3 Å². The fraction of sp³-hybridized carbons (Fsp3) is 0.500. The Hall–Kier alpha value is -2.87. The molecule has 1 aromatic carbocycles. The number of hydrogen-bond donors (Lipinski definition) is 1. The Kier molecular flexibility index (Phi) is 4.73. The van der Waals surface area contributed by atoms with Crippen LogP contribution < -0.4 is 14.4 Å². The van der Waals surface area contributed by atoms with Crippen molar-refractivity contribution in [1.29, 1.82) is 0 Å². The largest absolute Gasteiger partial charge is 0.493 e. The van der Waals surface area contributed by atoms with Gasteiger partial charge >= 0.3 is 0 Å². The van der Waals surface area contributed by atoms with Crippen molar-refractivity contribution in [2.24, 2.45) is 11.8 Å². The molecule has 1 saturated carbocycles. The average molecular weight is 409 g/mol. The minimum Gasteiger partial charge on any atom is -0.493 e. The summed E-state index contributed by atoms with van der Waals surface area (Å²) < 4.78 is 13.4. The third kappa shape index (κ3) is 3.15. The van der Waals surface area contributed by atoms with E-state index in [2.05, 4.69) is 27.1 Å². The molecule has 5 rings (SSSR count). The molecule has 3 aromatic rings. The minimum atomic E-state index is -0.496. The third-order valence-electron chi connectivity index (χ3n) is 6.65. The molecule has 1 aliphatic carbocycles. The second-order valence-corrected chi connectivity index (χ2v) is 8.43. The van der Waals surface area contributed by atoms with E-state index in [0.29, 0.717) is 23.3 Å². The van der Waals surface area contributed by atoms with E-state index in [1.807, 2.05) is 31.2 Å². The van der Waals surface area contributed by atoms with Gasteiger partial charge in [0.25, 0.3) is 0 Å². The number of aliphatic hydroxyl groups excluding tert-OH is 1. The molecule has 8 heteroatoms. The van der Waals surface area contributed by atoms with E-state index in [4.69, 9.17) is 9.47 Å². The van der Waals surface area contributed by atoms with Gasteiger partial charge in [-0.1, -0.05) is 12.1 Å². The highest BCUT2D eigenvalue weighted by molar-refractivity contribution is 5.73. The lowest BCUT2D eigenvalue weighted by atomic mass is 9.78. The first-order valence-corrected chi connectivity index (χ1v) is 10.4. The van der Waals surface area contributed by atoms with Gasteiger partial charge in [-0.05, 0) is 56.2 Å². The lowest BCUT2D eigenvalue weighted by Crippen LogP contribution is -2.42. The molecule has 4 atom stereocenters. The maximum Gasteiger partial charge on any atom is 0.201 e. The van der Waals surface area contributed by atoms with E-state index < -0.39 is 6.10 Å². The quantitative estimate of drug-likeness (QED) is 0.708. The number of anilines is 1. The molecule has 1 saturated heterocycles. The lowest BCUT2D eigenvalue weighted by molar-refractivity contribution is -0.0240. The third-order valence-corrected chi connectivity index (χ3v) is 6.65. The van der Waals surface area contributed by atoms with E-state index >= 15 is 0 Å². The number of fused-ring (bicyclic) bond motifs is 2. The van der Waals surface area contributed by atoms with E-state index in [0.717, 1.165) is 48.5 Å². The summed E-state index contributed by atoms with van der Waals surface area (Å²) in [5.74, 6) is 2.25. The zero-order valence-corrected chi connectivity index (χ0v) is 17.5. The Balaban J connectivity index is 1.38. The van der Waals surface area contributed by atoms with Crippen molar-refractivity contribution in [3.8, 4) is 11.5 Å². The maximum absolute atomic E-state index is 10.8. The summed E-state index contributed by atoms with van der Waals surface area (Å²) in [5, 5.41) is 23.7. The van der Waals surface area contributed by atoms with Crippen LogP contribution in [0.4, 0.5) is 5.69 Å². The van der Waals surface area contributed by atoms with E-state index in [1.54, 1.807) is 18.0 Å². The van der Waals surface area contributed by atoms with Crippen LogP contribution in [-0.2, 0) is 0 Å². The molecule has 0 radical (unpaired) electrons. The molecule has 2 aromatic heterocycles. The van der Waals surface area contributed by atoms with Crippen LogP contribution in [0.3, 0.4) is 0 Å². The first-order chi connectivity index (χ1) is 14.5. The summed E-state index contributed by atoms with van der Waals surface area (Å²) in [6.45, 7) is 5.92. The summed E-state index contributed by atoms with van der Waals surface area (Å²) in [4.78, 5) is 2.39. The van der Waals surface area contributed by atoms with Crippen LogP contribution in [0.1, 0.15) is 24.1 Å². The predicted molar refractivity (Wildman–Crippen MR) is 112 cm³/mol. The summed E-state index contributed by atoms with van der Waals surface area (Å²) >= 11 is 0. The molecule has 2 aliphatic rings. The average Bonchev–Trinajstić information content (AvgIpc) is 3.36. The van der Waals surface area contributed by atoms with Crippen LogP contribution in [0, 0.1) is 25.7 Å². The first-order valence-electron chi connectivity index (χ1n) is 10.4. The second-order valence-electron chi connectivity index (χ2n) is 8.43. The van der Waals surface area contributed by atoms with Gasteiger partial charge in [-0.25, -0.2) is 0 Å². The van der Waals surface area contributed by atoms with Gasteiger partial charge in [0.05, 0.1) is 24.6 Å². The Bertz CT molecular complexity index is 1070. The van der Waals surface area contributed by atoms with E-state index in [9.17, 15) is 5.11 Å². The number of aromatic nitrogens is 4. The molecule has 1 N–H and O–H groups in total. The highest BCUT2D eigenvalue weighted by Crippen LogP contribution is 2.42. The van der Waals surface area contributed by atoms with Gasteiger partial charge in [-0.2, -0.15) is 9.61 Å². The Morgan fingerprint density at radius 2 is 1.80 bits per heavy atom. The highest BCUT2D eigenvalue weighted by atomic mass is 16.5. The second kappa shape index (κ2) is 7.43. The van der Waals surface area contributed by atoms with Gasteiger partial charge in [-0.3, -0.25) is 0 Å². The van der Waals surface area contributed by atoms with Crippen molar-refractivity contribution in [1.82, 2.24) is 19.8 Å². The number of hydrogen-bond acceptors (Lipinski definition) is 7. The standard InChI is InChI=1S/C22H27N5O3/c1-13-14(2)25-27-12-23-24-22(27)21(13)26-10-15-8-17(28)20(9-16(15)11-26)30-19-7-5-4-6-18(19)29-3/h4-7,12,15-17,20,28H,8-11H2,1-3H3/t15-,16+,17+,20+/m0/s1. The normalized spacial score (nSPS) is 26.1. The number of methoxy groups -OCH3 is 1. The molecule has 0 unspecified atom stereocenters. The van der Waals surface area contributed by atoms with Crippen molar-refractivity contribution in [3.63, 3.8) is 0 Å². The summed E-state index contributed by atoms with van der Waals surface area (Å²) in [7, 11) is 1.63. The van der Waals surface area contributed by atoms with Crippen molar-refractivity contribution in [3.05, 3.63) is 41.9 Å². The molecule has 3 heterocycles. The van der Waals surface area contributed by atoms with Crippen LogP contribution in [0.2, 0.25) is 0 Å². The Morgan fingerprint density at radius 3 is 2.57 bits per heavy atom. The topological polar surface area (TPSA) is 85.0 Å². The monoisotopic (exact) mass is 409 g/mol. The first kappa shape index (κ1) is 19.1. The van der Waals surface area contributed by atoms with Crippen molar-refractivity contribution in [2.45, 2.75) is 38.9 Å². The summed E-state index contributed by atoms with van der Waals surface area (Å²) in [5.41, 5.74) is 4.01. The number of para-hydroxylation sites is 2. The molecule has 0 amide bonds. The minimum absolute atomic E-state index is 0.240. The predicted octanol–water partition coefficient (Wildman–Crippen LogP) is 2.40. The van der Waals surface area contributed by atoms with Crippen molar-refractivity contribution >= 4 is 11.3 Å². The number of ether oxygens (including phenoxy) is 2. The van der Waals surface area contributed by atoms with E-state index in [1.165, 1.54) is 0 Å². The smallest absolute Gasteiger partial charge is 0.201 e. The number of benzene rings is 1. The fourth-order valence-electron chi connectivity index (χ4n) is 4.99.